The molecular weight excluding hydrogens is 338 g/mol. The molecule has 4 rings (SSSR count). The van der Waals surface area contributed by atoms with Crippen molar-refractivity contribution < 1.29 is 4.79 Å². The van der Waals surface area contributed by atoms with Crippen LogP contribution in [0.15, 0.2) is 16.6 Å². The highest BCUT2D eigenvalue weighted by molar-refractivity contribution is 9.10. The summed E-state index contributed by atoms with van der Waals surface area (Å²) in [5.74, 6) is 0.871. The van der Waals surface area contributed by atoms with E-state index in [1.807, 2.05) is 4.90 Å². The van der Waals surface area contributed by atoms with Crippen LogP contribution in [0, 0.1) is 0 Å². The predicted octanol–water partition coefficient (Wildman–Crippen LogP) is 5.29. The van der Waals surface area contributed by atoms with Gasteiger partial charge in [-0.2, -0.15) is 0 Å². The maximum absolute atomic E-state index is 12.2. The largest absolute Gasteiger partial charge is 0.312 e. The van der Waals surface area contributed by atoms with Gasteiger partial charge in [0, 0.05) is 23.1 Å². The summed E-state index contributed by atoms with van der Waals surface area (Å²) in [6.45, 7) is 3.26. The Kier molecular flexibility index (Phi) is 3.60. The van der Waals surface area contributed by atoms with Crippen LogP contribution in [-0.2, 0) is 10.2 Å². The van der Waals surface area contributed by atoms with Crippen molar-refractivity contribution >= 4 is 27.5 Å². The molecule has 22 heavy (non-hydrogen) atoms. The maximum Gasteiger partial charge on any atom is 0.227 e. The van der Waals surface area contributed by atoms with Gasteiger partial charge in [0.05, 0.1) is 0 Å². The number of benzene rings is 1. The number of carbonyl (C=O) groups is 1. The average molecular weight is 362 g/mol. The molecule has 0 N–H and O–H groups in total. The topological polar surface area (TPSA) is 20.3 Å². The number of halogens is 1. The molecule has 1 amide bonds. The van der Waals surface area contributed by atoms with Gasteiger partial charge in [-0.1, -0.05) is 42.1 Å². The normalized spacial score (nSPS) is 26.7. The lowest BCUT2D eigenvalue weighted by molar-refractivity contribution is -0.117. The maximum atomic E-state index is 12.2. The number of nitrogens with zero attached hydrogens (tertiary/aromatic N) is 1. The lowest BCUT2D eigenvalue weighted by Gasteiger charge is -2.35. The van der Waals surface area contributed by atoms with Crippen molar-refractivity contribution in [1.82, 2.24) is 0 Å². The lowest BCUT2D eigenvalue weighted by atomic mass is 9.70. The van der Waals surface area contributed by atoms with Gasteiger partial charge in [-0.15, -0.1) is 0 Å². The zero-order valence-corrected chi connectivity index (χ0v) is 14.9. The third-order valence-corrected chi connectivity index (χ3v) is 6.73. The highest BCUT2D eigenvalue weighted by Gasteiger charge is 2.46. The first-order chi connectivity index (χ1) is 10.6. The van der Waals surface area contributed by atoms with Crippen LogP contribution in [0.3, 0.4) is 0 Å². The van der Waals surface area contributed by atoms with E-state index < -0.39 is 0 Å². The van der Waals surface area contributed by atoms with Gasteiger partial charge in [0.25, 0.3) is 0 Å². The summed E-state index contributed by atoms with van der Waals surface area (Å²) >= 11 is 3.84. The molecule has 1 saturated carbocycles. The Bertz CT molecular complexity index is 618. The minimum absolute atomic E-state index is 0.307. The minimum Gasteiger partial charge on any atom is -0.312 e. The van der Waals surface area contributed by atoms with E-state index in [0.717, 1.165) is 13.0 Å². The molecule has 1 spiro atoms. The monoisotopic (exact) mass is 361 g/mol. The fourth-order valence-electron chi connectivity index (χ4n) is 5.23. The van der Waals surface area contributed by atoms with Gasteiger partial charge in [0.2, 0.25) is 5.91 Å². The molecular formula is C19H24BrNO. The zero-order chi connectivity index (χ0) is 15.3. The minimum atomic E-state index is 0.307. The zero-order valence-electron chi connectivity index (χ0n) is 13.3. The first-order valence-electron chi connectivity index (χ1n) is 8.76. The Morgan fingerprint density at radius 1 is 1.18 bits per heavy atom. The molecule has 0 aromatic heterocycles. The number of rotatable bonds is 1. The van der Waals surface area contributed by atoms with Crippen LogP contribution in [0.5, 0.6) is 0 Å². The van der Waals surface area contributed by atoms with Crippen molar-refractivity contribution in [2.24, 2.45) is 0 Å². The van der Waals surface area contributed by atoms with Gasteiger partial charge in [-0.3, -0.25) is 4.79 Å². The predicted molar refractivity (Wildman–Crippen MR) is 93.5 cm³/mol. The average Bonchev–Trinajstić information content (AvgIpc) is 3.04. The summed E-state index contributed by atoms with van der Waals surface area (Å²) in [6, 6.07) is 4.36. The van der Waals surface area contributed by atoms with E-state index in [-0.39, 0.29) is 0 Å². The van der Waals surface area contributed by atoms with Crippen LogP contribution in [-0.4, -0.2) is 12.5 Å². The van der Waals surface area contributed by atoms with Crippen molar-refractivity contribution in [3.63, 3.8) is 0 Å². The van der Waals surface area contributed by atoms with Crippen molar-refractivity contribution in [2.75, 3.05) is 11.4 Å². The summed E-state index contributed by atoms with van der Waals surface area (Å²) < 4.78 is 1.27. The molecule has 3 aliphatic rings. The van der Waals surface area contributed by atoms with Crippen molar-refractivity contribution in [2.45, 2.75) is 69.6 Å². The summed E-state index contributed by atoms with van der Waals surface area (Å²) in [5.41, 5.74) is 4.57. The number of anilines is 1. The molecule has 2 aliphatic carbocycles. The fraction of sp³-hybridized carbons (Fsp3) is 0.632. The first-order valence-corrected chi connectivity index (χ1v) is 9.55. The van der Waals surface area contributed by atoms with Gasteiger partial charge < -0.3 is 4.90 Å². The van der Waals surface area contributed by atoms with Crippen LogP contribution in [0.2, 0.25) is 0 Å². The number of carbonyl (C=O) groups excluding carboxylic acids is 1. The van der Waals surface area contributed by atoms with Crippen LogP contribution in [0.1, 0.15) is 75.3 Å². The molecule has 118 valence electrons. The molecule has 1 unspecified atom stereocenters. The second-order valence-electron chi connectivity index (χ2n) is 7.45. The lowest BCUT2D eigenvalue weighted by Crippen LogP contribution is -2.28. The third-order valence-electron chi connectivity index (χ3n) is 6.07. The Morgan fingerprint density at radius 3 is 2.64 bits per heavy atom. The standard InChI is InChI=1S/C19H24BrNO/c1-13-12-19(9-3-2-4-10-19)18-14(20)7-8-15(17(13)18)21-11-5-6-16(21)22/h7-8,13H,2-6,9-12H2,1H3. The second kappa shape index (κ2) is 5.36. The smallest absolute Gasteiger partial charge is 0.227 e. The van der Waals surface area contributed by atoms with Crippen LogP contribution in [0.25, 0.3) is 0 Å². The molecule has 1 aromatic carbocycles. The molecule has 2 nitrogen and oxygen atoms in total. The third kappa shape index (κ3) is 2.08. The van der Waals surface area contributed by atoms with Crippen molar-refractivity contribution in [1.29, 1.82) is 0 Å². The summed E-state index contributed by atoms with van der Waals surface area (Å²) in [7, 11) is 0. The van der Waals surface area contributed by atoms with E-state index in [0.29, 0.717) is 23.7 Å². The summed E-state index contributed by atoms with van der Waals surface area (Å²) in [4.78, 5) is 14.3. The van der Waals surface area contributed by atoms with Crippen molar-refractivity contribution in [3.8, 4) is 0 Å². The van der Waals surface area contributed by atoms with E-state index in [1.54, 1.807) is 0 Å². The highest BCUT2D eigenvalue weighted by atomic mass is 79.9. The Hall–Kier alpha value is -0.830. The summed E-state index contributed by atoms with van der Waals surface area (Å²) in [6.07, 6.45) is 9.71. The van der Waals surface area contributed by atoms with Crippen molar-refractivity contribution in [3.05, 3.63) is 27.7 Å². The number of amides is 1. The van der Waals surface area contributed by atoms with Crippen LogP contribution in [0.4, 0.5) is 5.69 Å². The summed E-state index contributed by atoms with van der Waals surface area (Å²) in [5, 5.41) is 0. The number of fused-ring (bicyclic) bond motifs is 2. The second-order valence-corrected chi connectivity index (χ2v) is 8.30. The van der Waals surface area contributed by atoms with E-state index in [2.05, 4.69) is 35.0 Å². The van der Waals surface area contributed by atoms with E-state index in [4.69, 9.17) is 0 Å². The highest BCUT2D eigenvalue weighted by Crippen LogP contribution is 2.58. The quantitative estimate of drug-likeness (QED) is 0.665. The fourth-order valence-corrected chi connectivity index (χ4v) is 6.00. The Labute approximate surface area is 141 Å². The van der Waals surface area contributed by atoms with Gasteiger partial charge in [0.15, 0.2) is 0 Å². The molecule has 1 heterocycles. The van der Waals surface area contributed by atoms with E-state index in [9.17, 15) is 4.79 Å². The first kappa shape index (κ1) is 14.7. The van der Waals surface area contributed by atoms with E-state index >= 15 is 0 Å². The molecule has 0 bridgehead atoms. The van der Waals surface area contributed by atoms with Gasteiger partial charge in [-0.25, -0.2) is 0 Å². The molecule has 2 fully saturated rings. The van der Waals surface area contributed by atoms with Gasteiger partial charge in [-0.05, 0) is 60.3 Å². The Morgan fingerprint density at radius 2 is 1.95 bits per heavy atom. The molecule has 1 saturated heterocycles. The van der Waals surface area contributed by atoms with Crippen LogP contribution >= 0.6 is 15.9 Å². The van der Waals surface area contributed by atoms with Gasteiger partial charge in [0.1, 0.15) is 0 Å². The molecule has 1 atom stereocenters. The molecule has 0 radical (unpaired) electrons. The Balaban J connectivity index is 1.86. The van der Waals surface area contributed by atoms with Crippen LogP contribution < -0.4 is 4.90 Å². The molecule has 1 aromatic rings. The SMILES string of the molecule is CC1CC2(CCCCC2)c2c(Br)ccc(N3CCCC3=O)c21. The molecule has 1 aliphatic heterocycles. The number of hydrogen-bond donors (Lipinski definition) is 0. The van der Waals surface area contributed by atoms with Gasteiger partial charge >= 0.3 is 0 Å². The van der Waals surface area contributed by atoms with E-state index in [1.165, 1.54) is 59.8 Å². The molecule has 3 heteroatoms. The number of hydrogen-bond acceptors (Lipinski definition) is 1.